The molecule has 4 rings (SSSR count). The lowest BCUT2D eigenvalue weighted by Gasteiger charge is -2.22. The molecule has 180 valence electrons. The SMILES string of the molecule is CCCC(c1cccc(-c2ccccc2S(N)(=O)=O)c1)c1c(O)c2c(oc1=O)CCCCCC2. The van der Waals surface area contributed by atoms with Crippen molar-refractivity contribution in [2.24, 2.45) is 5.14 Å². The van der Waals surface area contributed by atoms with E-state index in [0.29, 0.717) is 36.1 Å². The molecule has 1 heterocycles. The van der Waals surface area contributed by atoms with Gasteiger partial charge < -0.3 is 9.52 Å². The second-order valence-corrected chi connectivity index (χ2v) is 10.5. The smallest absolute Gasteiger partial charge is 0.343 e. The maximum Gasteiger partial charge on any atom is 0.343 e. The third-order valence-electron chi connectivity index (χ3n) is 6.61. The monoisotopic (exact) mass is 481 g/mol. The molecule has 0 aliphatic heterocycles. The zero-order chi connectivity index (χ0) is 24.3. The normalized spacial score (nSPS) is 15.2. The first-order chi connectivity index (χ1) is 16.3. The summed E-state index contributed by atoms with van der Waals surface area (Å²) in [5, 5.41) is 16.7. The highest BCUT2D eigenvalue weighted by Gasteiger charge is 2.27. The Bertz CT molecular complexity index is 1340. The van der Waals surface area contributed by atoms with Crippen molar-refractivity contribution in [3.05, 3.63) is 81.4 Å². The molecular weight excluding hydrogens is 450 g/mol. The first-order valence-electron chi connectivity index (χ1n) is 11.9. The quantitative estimate of drug-likeness (QED) is 0.499. The minimum absolute atomic E-state index is 0.0441. The van der Waals surface area contributed by atoms with Crippen LogP contribution < -0.4 is 10.8 Å². The number of benzene rings is 2. The molecule has 0 saturated heterocycles. The molecule has 3 aromatic rings. The van der Waals surface area contributed by atoms with Gasteiger partial charge in [0.05, 0.1) is 10.5 Å². The van der Waals surface area contributed by atoms with Gasteiger partial charge in [-0.3, -0.25) is 0 Å². The highest BCUT2D eigenvalue weighted by Crippen LogP contribution is 2.39. The van der Waals surface area contributed by atoms with Crippen LogP contribution in [0.3, 0.4) is 0 Å². The molecule has 34 heavy (non-hydrogen) atoms. The Kier molecular flexibility index (Phi) is 7.24. The molecule has 1 aromatic heterocycles. The minimum atomic E-state index is -3.91. The average molecular weight is 482 g/mol. The van der Waals surface area contributed by atoms with Crippen molar-refractivity contribution in [3.8, 4) is 16.9 Å². The molecule has 1 aliphatic rings. The van der Waals surface area contributed by atoms with Gasteiger partial charge in [-0.05, 0) is 42.9 Å². The summed E-state index contributed by atoms with van der Waals surface area (Å²) in [6, 6.07) is 14.0. The van der Waals surface area contributed by atoms with E-state index in [0.717, 1.165) is 43.2 Å². The Balaban J connectivity index is 1.85. The molecule has 0 amide bonds. The van der Waals surface area contributed by atoms with Crippen LogP contribution in [0.1, 0.15) is 73.8 Å². The van der Waals surface area contributed by atoms with Crippen LogP contribution in [0.2, 0.25) is 0 Å². The average Bonchev–Trinajstić information content (AvgIpc) is 2.79. The zero-order valence-corrected chi connectivity index (χ0v) is 20.2. The van der Waals surface area contributed by atoms with Crippen LogP contribution in [0, 0.1) is 0 Å². The van der Waals surface area contributed by atoms with E-state index >= 15 is 0 Å². The second kappa shape index (κ2) is 10.2. The molecular formula is C27H31NO5S. The standard InChI is InChI=1S/C27H31NO5S/c1-2-10-21(25-26(29)22-14-5-3-4-6-15-23(22)33-27(25)30)19-12-9-11-18(17-19)20-13-7-8-16-24(20)34(28,31)32/h7-9,11-13,16-17,21,29H,2-6,10,14-15H2,1H3,(H2,28,31,32). The van der Waals surface area contributed by atoms with E-state index in [1.54, 1.807) is 18.2 Å². The van der Waals surface area contributed by atoms with Crippen LogP contribution in [-0.2, 0) is 22.9 Å². The molecule has 2 aromatic carbocycles. The molecule has 0 bridgehead atoms. The van der Waals surface area contributed by atoms with Gasteiger partial charge in [-0.25, -0.2) is 18.4 Å². The van der Waals surface area contributed by atoms with Gasteiger partial charge >= 0.3 is 5.63 Å². The minimum Gasteiger partial charge on any atom is -0.507 e. The number of sulfonamides is 1. The number of primary sulfonamides is 1. The summed E-state index contributed by atoms with van der Waals surface area (Å²) in [7, 11) is -3.91. The predicted molar refractivity (Wildman–Crippen MR) is 133 cm³/mol. The Morgan fingerprint density at radius 2 is 1.76 bits per heavy atom. The Morgan fingerprint density at radius 3 is 2.50 bits per heavy atom. The summed E-state index contributed by atoms with van der Waals surface area (Å²) in [6.07, 6.45) is 6.87. The number of nitrogens with two attached hydrogens (primary N) is 1. The third kappa shape index (κ3) is 4.95. The molecule has 0 fully saturated rings. The van der Waals surface area contributed by atoms with Crippen LogP contribution in [0.15, 0.2) is 62.6 Å². The summed E-state index contributed by atoms with van der Waals surface area (Å²) < 4.78 is 30.0. The molecule has 0 radical (unpaired) electrons. The molecule has 6 nitrogen and oxygen atoms in total. The summed E-state index contributed by atoms with van der Waals surface area (Å²) >= 11 is 0. The van der Waals surface area contributed by atoms with Crippen LogP contribution in [-0.4, -0.2) is 13.5 Å². The molecule has 3 N–H and O–H groups in total. The van der Waals surface area contributed by atoms with E-state index in [4.69, 9.17) is 9.56 Å². The van der Waals surface area contributed by atoms with Crippen LogP contribution >= 0.6 is 0 Å². The van der Waals surface area contributed by atoms with Crippen LogP contribution in [0.25, 0.3) is 11.1 Å². The second-order valence-electron chi connectivity index (χ2n) is 8.98. The van der Waals surface area contributed by atoms with E-state index < -0.39 is 15.6 Å². The topological polar surface area (TPSA) is 111 Å². The molecule has 1 atom stereocenters. The fourth-order valence-electron chi connectivity index (χ4n) is 4.97. The first kappa shape index (κ1) is 24.2. The van der Waals surface area contributed by atoms with E-state index in [1.165, 1.54) is 6.07 Å². The fraction of sp³-hybridized carbons (Fsp3) is 0.370. The van der Waals surface area contributed by atoms with Gasteiger partial charge in [0.25, 0.3) is 0 Å². The lowest BCUT2D eigenvalue weighted by atomic mass is 9.85. The zero-order valence-electron chi connectivity index (χ0n) is 19.4. The van der Waals surface area contributed by atoms with Gasteiger partial charge in [0, 0.05) is 23.5 Å². The van der Waals surface area contributed by atoms with Crippen molar-refractivity contribution in [2.75, 3.05) is 0 Å². The lowest BCUT2D eigenvalue weighted by molar-refractivity contribution is 0.383. The predicted octanol–water partition coefficient (Wildman–Crippen LogP) is 5.25. The third-order valence-corrected chi connectivity index (χ3v) is 7.58. The summed E-state index contributed by atoms with van der Waals surface area (Å²) in [6.45, 7) is 2.03. The maximum atomic E-state index is 13.1. The van der Waals surface area contributed by atoms with Gasteiger partial charge in [0.15, 0.2) is 0 Å². The van der Waals surface area contributed by atoms with Crippen molar-refractivity contribution in [1.82, 2.24) is 0 Å². The summed E-state index contributed by atoms with van der Waals surface area (Å²) in [4.78, 5) is 13.2. The molecule has 1 aliphatic carbocycles. The highest BCUT2D eigenvalue weighted by molar-refractivity contribution is 7.89. The lowest BCUT2D eigenvalue weighted by Crippen LogP contribution is -2.18. The number of hydrogen-bond acceptors (Lipinski definition) is 5. The first-order valence-corrected chi connectivity index (χ1v) is 13.5. The summed E-state index contributed by atoms with van der Waals surface area (Å²) in [5.74, 6) is 0.289. The Morgan fingerprint density at radius 1 is 1.03 bits per heavy atom. The van der Waals surface area contributed by atoms with Crippen molar-refractivity contribution in [3.63, 3.8) is 0 Å². The number of fused-ring (bicyclic) bond motifs is 1. The van der Waals surface area contributed by atoms with Crippen LogP contribution in [0.4, 0.5) is 0 Å². The van der Waals surface area contributed by atoms with Crippen LogP contribution in [0.5, 0.6) is 5.75 Å². The van der Waals surface area contributed by atoms with Crippen molar-refractivity contribution in [1.29, 1.82) is 0 Å². The van der Waals surface area contributed by atoms with Crippen molar-refractivity contribution >= 4 is 10.0 Å². The fourth-order valence-corrected chi connectivity index (χ4v) is 5.73. The van der Waals surface area contributed by atoms with Gasteiger partial charge in [0.2, 0.25) is 10.0 Å². The van der Waals surface area contributed by atoms with Gasteiger partial charge in [0.1, 0.15) is 11.5 Å². The highest BCUT2D eigenvalue weighted by atomic mass is 32.2. The van der Waals surface area contributed by atoms with E-state index in [2.05, 4.69) is 0 Å². The number of rotatable bonds is 6. The Labute approximate surface area is 200 Å². The number of aromatic hydroxyl groups is 1. The van der Waals surface area contributed by atoms with Gasteiger partial charge in [-0.2, -0.15) is 0 Å². The summed E-state index contributed by atoms with van der Waals surface area (Å²) in [5.41, 5.74) is 2.54. The van der Waals surface area contributed by atoms with Crippen molar-refractivity contribution < 1.29 is 17.9 Å². The number of hydrogen-bond donors (Lipinski definition) is 2. The molecule has 1 unspecified atom stereocenters. The van der Waals surface area contributed by atoms with Crippen molar-refractivity contribution in [2.45, 2.75) is 69.1 Å². The maximum absolute atomic E-state index is 13.1. The van der Waals surface area contributed by atoms with E-state index in [9.17, 15) is 18.3 Å². The molecule has 0 spiro atoms. The number of aryl methyl sites for hydroxylation is 1. The molecule has 7 heteroatoms. The van der Waals surface area contributed by atoms with Gasteiger partial charge in [-0.1, -0.05) is 68.7 Å². The molecule has 0 saturated carbocycles. The Hall–Kier alpha value is -2.90. The van der Waals surface area contributed by atoms with E-state index in [1.807, 2.05) is 31.2 Å². The largest absolute Gasteiger partial charge is 0.507 e. The van der Waals surface area contributed by atoms with E-state index in [-0.39, 0.29) is 22.1 Å². The van der Waals surface area contributed by atoms with Gasteiger partial charge in [-0.15, -0.1) is 0 Å².